The highest BCUT2D eigenvalue weighted by Gasteiger charge is 2.19. The van der Waals surface area contributed by atoms with Crippen LogP contribution in [-0.2, 0) is 0 Å². The number of nitrogens with zero attached hydrogens (tertiary/aromatic N) is 3. The van der Waals surface area contributed by atoms with Gasteiger partial charge in [-0.15, -0.1) is 0 Å². The number of nitrogens with one attached hydrogen (secondary N) is 1. The average Bonchev–Trinajstić information content (AvgIpc) is 2.32. The number of rotatable bonds is 3. The molecule has 0 spiro atoms. The molecule has 1 aliphatic rings. The Labute approximate surface area is 94.9 Å². The Morgan fingerprint density at radius 3 is 2.56 bits per heavy atom. The fourth-order valence-electron chi connectivity index (χ4n) is 2.04. The fraction of sp³-hybridized carbons (Fsp3) is 0.636. The molecule has 5 heteroatoms. The first kappa shape index (κ1) is 11.3. The molecule has 0 aliphatic carbocycles. The molecule has 0 saturated carbocycles. The van der Waals surface area contributed by atoms with Crippen molar-refractivity contribution >= 4 is 5.95 Å². The van der Waals surface area contributed by atoms with Gasteiger partial charge in [0.1, 0.15) is 0 Å². The van der Waals surface area contributed by atoms with Gasteiger partial charge in [0.2, 0.25) is 5.95 Å². The standard InChI is InChI=1S/C11H17FN4/c1-2-13-10-3-5-16(6-4-10)11-14-7-9(12)8-15-11/h7-8,10,13H,2-6H2,1H3. The molecule has 88 valence electrons. The molecule has 0 unspecified atom stereocenters. The van der Waals surface area contributed by atoms with Gasteiger partial charge in [0.25, 0.3) is 0 Å². The number of halogens is 1. The van der Waals surface area contributed by atoms with Crippen LogP contribution in [0.25, 0.3) is 0 Å². The third-order valence-corrected chi connectivity index (χ3v) is 2.88. The van der Waals surface area contributed by atoms with Crippen LogP contribution in [0, 0.1) is 5.82 Å². The zero-order valence-electron chi connectivity index (χ0n) is 9.49. The Kier molecular flexibility index (Phi) is 3.66. The van der Waals surface area contributed by atoms with E-state index in [0.29, 0.717) is 12.0 Å². The number of anilines is 1. The van der Waals surface area contributed by atoms with E-state index in [4.69, 9.17) is 0 Å². The molecule has 1 aromatic rings. The van der Waals surface area contributed by atoms with Gasteiger partial charge in [0.15, 0.2) is 5.82 Å². The maximum atomic E-state index is 12.7. The first-order chi connectivity index (χ1) is 7.79. The highest BCUT2D eigenvalue weighted by atomic mass is 19.1. The quantitative estimate of drug-likeness (QED) is 0.837. The van der Waals surface area contributed by atoms with E-state index in [0.717, 1.165) is 32.5 Å². The van der Waals surface area contributed by atoms with Gasteiger partial charge < -0.3 is 10.2 Å². The number of hydrogen-bond donors (Lipinski definition) is 1. The molecule has 1 aliphatic heterocycles. The zero-order chi connectivity index (χ0) is 11.4. The monoisotopic (exact) mass is 224 g/mol. The van der Waals surface area contributed by atoms with Crippen molar-refractivity contribution in [2.75, 3.05) is 24.5 Å². The molecule has 2 rings (SSSR count). The van der Waals surface area contributed by atoms with Crippen molar-refractivity contribution < 1.29 is 4.39 Å². The van der Waals surface area contributed by atoms with Crippen LogP contribution in [0.15, 0.2) is 12.4 Å². The Morgan fingerprint density at radius 2 is 2.00 bits per heavy atom. The zero-order valence-corrected chi connectivity index (χ0v) is 9.49. The topological polar surface area (TPSA) is 41.0 Å². The van der Waals surface area contributed by atoms with Gasteiger partial charge in [0, 0.05) is 19.1 Å². The predicted octanol–water partition coefficient (Wildman–Crippen LogP) is 1.19. The minimum absolute atomic E-state index is 0.383. The van der Waals surface area contributed by atoms with E-state index in [1.165, 1.54) is 12.4 Å². The van der Waals surface area contributed by atoms with Gasteiger partial charge >= 0.3 is 0 Å². The molecule has 16 heavy (non-hydrogen) atoms. The minimum atomic E-state index is -0.383. The minimum Gasteiger partial charge on any atom is -0.341 e. The molecular weight excluding hydrogens is 207 g/mol. The summed E-state index contributed by atoms with van der Waals surface area (Å²) in [6.45, 7) is 5.00. The molecule has 0 amide bonds. The maximum Gasteiger partial charge on any atom is 0.225 e. The van der Waals surface area contributed by atoms with E-state index in [9.17, 15) is 4.39 Å². The molecule has 1 aromatic heterocycles. The second kappa shape index (κ2) is 5.21. The van der Waals surface area contributed by atoms with E-state index < -0.39 is 0 Å². The van der Waals surface area contributed by atoms with Crippen molar-refractivity contribution in [3.05, 3.63) is 18.2 Å². The van der Waals surface area contributed by atoms with Crippen molar-refractivity contribution in [1.82, 2.24) is 15.3 Å². The fourth-order valence-corrected chi connectivity index (χ4v) is 2.04. The lowest BCUT2D eigenvalue weighted by molar-refractivity contribution is 0.420. The van der Waals surface area contributed by atoms with Gasteiger partial charge in [-0.1, -0.05) is 6.92 Å². The van der Waals surface area contributed by atoms with Crippen LogP contribution in [0.1, 0.15) is 19.8 Å². The Bertz CT molecular complexity index is 319. The van der Waals surface area contributed by atoms with E-state index in [1.54, 1.807) is 0 Å². The molecule has 0 aromatic carbocycles. The van der Waals surface area contributed by atoms with Crippen LogP contribution in [0.3, 0.4) is 0 Å². The first-order valence-electron chi connectivity index (χ1n) is 5.75. The van der Waals surface area contributed by atoms with Crippen molar-refractivity contribution in [2.45, 2.75) is 25.8 Å². The number of aromatic nitrogens is 2. The lowest BCUT2D eigenvalue weighted by Crippen LogP contribution is -2.43. The van der Waals surface area contributed by atoms with Crippen molar-refractivity contribution in [1.29, 1.82) is 0 Å². The summed E-state index contributed by atoms with van der Waals surface area (Å²) in [5.74, 6) is 0.252. The Balaban J connectivity index is 1.91. The molecule has 0 radical (unpaired) electrons. The largest absolute Gasteiger partial charge is 0.341 e. The van der Waals surface area contributed by atoms with Crippen LogP contribution >= 0.6 is 0 Å². The maximum absolute atomic E-state index is 12.7. The summed E-state index contributed by atoms with van der Waals surface area (Å²) >= 11 is 0. The predicted molar refractivity (Wildman–Crippen MR) is 60.9 cm³/mol. The Morgan fingerprint density at radius 1 is 1.38 bits per heavy atom. The van der Waals surface area contributed by atoms with E-state index in [2.05, 4.69) is 27.1 Å². The Hall–Kier alpha value is -1.23. The third kappa shape index (κ3) is 2.66. The molecule has 0 atom stereocenters. The van der Waals surface area contributed by atoms with Crippen molar-refractivity contribution in [3.63, 3.8) is 0 Å². The van der Waals surface area contributed by atoms with Crippen LogP contribution in [0.4, 0.5) is 10.3 Å². The van der Waals surface area contributed by atoms with Gasteiger partial charge in [-0.25, -0.2) is 14.4 Å². The molecular formula is C11H17FN4. The van der Waals surface area contributed by atoms with Gasteiger partial charge in [0.05, 0.1) is 12.4 Å². The smallest absolute Gasteiger partial charge is 0.225 e. The summed E-state index contributed by atoms with van der Waals surface area (Å²) in [5.41, 5.74) is 0. The summed E-state index contributed by atoms with van der Waals surface area (Å²) < 4.78 is 12.7. The lowest BCUT2D eigenvalue weighted by Gasteiger charge is -2.32. The summed E-state index contributed by atoms with van der Waals surface area (Å²) in [4.78, 5) is 10.1. The van der Waals surface area contributed by atoms with E-state index >= 15 is 0 Å². The van der Waals surface area contributed by atoms with Gasteiger partial charge in [-0.3, -0.25) is 0 Å². The lowest BCUT2D eigenvalue weighted by atomic mass is 10.1. The van der Waals surface area contributed by atoms with Gasteiger partial charge in [-0.2, -0.15) is 0 Å². The van der Waals surface area contributed by atoms with Crippen LogP contribution in [-0.4, -0.2) is 35.6 Å². The molecule has 4 nitrogen and oxygen atoms in total. The third-order valence-electron chi connectivity index (χ3n) is 2.88. The van der Waals surface area contributed by atoms with Gasteiger partial charge in [-0.05, 0) is 19.4 Å². The number of hydrogen-bond acceptors (Lipinski definition) is 4. The van der Waals surface area contributed by atoms with E-state index in [1.807, 2.05) is 0 Å². The summed E-state index contributed by atoms with van der Waals surface area (Å²) in [5, 5.41) is 3.44. The SMILES string of the molecule is CCNC1CCN(c2ncc(F)cn2)CC1. The van der Waals surface area contributed by atoms with Crippen molar-refractivity contribution in [3.8, 4) is 0 Å². The summed E-state index contributed by atoms with van der Waals surface area (Å²) in [7, 11) is 0. The second-order valence-electron chi connectivity index (χ2n) is 4.02. The molecule has 2 heterocycles. The van der Waals surface area contributed by atoms with Crippen molar-refractivity contribution in [2.24, 2.45) is 0 Å². The second-order valence-corrected chi connectivity index (χ2v) is 4.02. The first-order valence-corrected chi connectivity index (χ1v) is 5.75. The summed E-state index contributed by atoms with van der Waals surface area (Å²) in [6, 6.07) is 0.599. The number of piperidine rings is 1. The molecule has 0 bridgehead atoms. The highest BCUT2D eigenvalue weighted by molar-refractivity contribution is 5.29. The van der Waals surface area contributed by atoms with Crippen LogP contribution < -0.4 is 10.2 Å². The molecule has 1 saturated heterocycles. The highest BCUT2D eigenvalue weighted by Crippen LogP contribution is 2.15. The molecule has 1 N–H and O–H groups in total. The summed E-state index contributed by atoms with van der Waals surface area (Å²) in [6.07, 6.45) is 4.63. The molecule has 1 fully saturated rings. The average molecular weight is 224 g/mol. The van der Waals surface area contributed by atoms with Crippen LogP contribution in [0.5, 0.6) is 0 Å². The van der Waals surface area contributed by atoms with E-state index in [-0.39, 0.29) is 5.82 Å². The van der Waals surface area contributed by atoms with Crippen LogP contribution in [0.2, 0.25) is 0 Å². The normalized spacial score (nSPS) is 17.8.